The van der Waals surface area contributed by atoms with Gasteiger partial charge >= 0.3 is 0 Å². The van der Waals surface area contributed by atoms with Crippen molar-refractivity contribution in [2.75, 3.05) is 24.5 Å². The number of nitrogens with zero attached hydrogens (tertiary/aromatic N) is 3. The van der Waals surface area contributed by atoms with Gasteiger partial charge in [-0.2, -0.15) is 0 Å². The molecule has 2 fully saturated rings. The van der Waals surface area contributed by atoms with Gasteiger partial charge < -0.3 is 14.8 Å². The van der Waals surface area contributed by atoms with E-state index in [9.17, 15) is 4.79 Å². The highest BCUT2D eigenvalue weighted by molar-refractivity contribution is 5.86. The van der Waals surface area contributed by atoms with Crippen LogP contribution in [0.4, 0.5) is 5.82 Å². The highest BCUT2D eigenvalue weighted by Crippen LogP contribution is 2.42. The Labute approximate surface area is 178 Å². The maximum absolute atomic E-state index is 13.6. The molecule has 0 aliphatic carbocycles. The SMILES string of the molecule is Cc1ccc(N2CCC3(CCCN(Cc4c[nH]c5ccccc45)C3=O)CC2)nc1C. The highest BCUT2D eigenvalue weighted by Gasteiger charge is 2.45. The lowest BCUT2D eigenvalue weighted by atomic mass is 9.71. The summed E-state index contributed by atoms with van der Waals surface area (Å²) in [6, 6.07) is 12.6. The van der Waals surface area contributed by atoms with Crippen LogP contribution in [0, 0.1) is 19.3 Å². The predicted octanol–water partition coefficient (Wildman–Crippen LogP) is 4.59. The van der Waals surface area contributed by atoms with Crippen LogP contribution in [0.15, 0.2) is 42.6 Å². The third-order valence-corrected chi connectivity index (χ3v) is 7.24. The molecule has 5 nitrogen and oxygen atoms in total. The van der Waals surface area contributed by atoms with Gasteiger partial charge in [-0.3, -0.25) is 4.79 Å². The number of amides is 1. The second kappa shape index (κ2) is 7.46. The summed E-state index contributed by atoms with van der Waals surface area (Å²) in [6.45, 7) is 7.54. The van der Waals surface area contributed by atoms with E-state index in [1.807, 2.05) is 6.07 Å². The molecule has 0 unspecified atom stereocenters. The summed E-state index contributed by atoms with van der Waals surface area (Å²) in [6.07, 6.45) is 6.02. The van der Waals surface area contributed by atoms with Crippen molar-refractivity contribution < 1.29 is 4.79 Å². The van der Waals surface area contributed by atoms with E-state index in [4.69, 9.17) is 4.98 Å². The number of pyridine rings is 1. The number of likely N-dealkylation sites (tertiary alicyclic amines) is 1. The zero-order valence-electron chi connectivity index (χ0n) is 17.9. The molecule has 2 aliphatic heterocycles. The minimum atomic E-state index is -0.194. The lowest BCUT2D eigenvalue weighted by Crippen LogP contribution is -2.53. The van der Waals surface area contributed by atoms with E-state index in [1.165, 1.54) is 16.5 Å². The molecule has 2 aromatic heterocycles. The number of benzene rings is 1. The molecule has 5 heteroatoms. The molecule has 4 heterocycles. The van der Waals surface area contributed by atoms with Crippen molar-refractivity contribution in [1.82, 2.24) is 14.9 Å². The number of H-pyrrole nitrogens is 1. The normalized spacial score (nSPS) is 19.1. The Morgan fingerprint density at radius 3 is 2.63 bits per heavy atom. The molecule has 1 spiro atoms. The maximum atomic E-state index is 13.6. The number of para-hydroxylation sites is 1. The molecular weight excluding hydrogens is 372 g/mol. The third-order valence-electron chi connectivity index (χ3n) is 7.24. The van der Waals surface area contributed by atoms with Crippen molar-refractivity contribution in [2.45, 2.75) is 46.1 Å². The lowest BCUT2D eigenvalue weighted by Gasteiger charge is -2.46. The highest BCUT2D eigenvalue weighted by atomic mass is 16.2. The molecule has 3 aromatic rings. The van der Waals surface area contributed by atoms with E-state index in [-0.39, 0.29) is 5.41 Å². The van der Waals surface area contributed by atoms with Crippen LogP contribution in [0.5, 0.6) is 0 Å². The average molecular weight is 403 g/mol. The predicted molar refractivity (Wildman–Crippen MR) is 121 cm³/mol. The second-order valence-corrected chi connectivity index (χ2v) is 9.03. The molecule has 1 amide bonds. The summed E-state index contributed by atoms with van der Waals surface area (Å²) in [5.41, 5.74) is 4.48. The first kappa shape index (κ1) is 19.2. The summed E-state index contributed by atoms with van der Waals surface area (Å²) >= 11 is 0. The van der Waals surface area contributed by atoms with Crippen molar-refractivity contribution >= 4 is 22.6 Å². The molecule has 0 bridgehead atoms. The first-order valence-electron chi connectivity index (χ1n) is 11.1. The topological polar surface area (TPSA) is 52.2 Å². The number of piperidine rings is 2. The van der Waals surface area contributed by atoms with E-state index < -0.39 is 0 Å². The van der Waals surface area contributed by atoms with Gasteiger partial charge in [0.25, 0.3) is 0 Å². The number of aromatic amines is 1. The summed E-state index contributed by atoms with van der Waals surface area (Å²) in [5.74, 6) is 1.40. The zero-order chi connectivity index (χ0) is 20.7. The fourth-order valence-electron chi connectivity index (χ4n) is 5.19. The number of rotatable bonds is 3. The smallest absolute Gasteiger partial charge is 0.229 e. The number of carbonyl (C=O) groups is 1. The number of aryl methyl sites for hydroxylation is 2. The molecule has 0 radical (unpaired) electrons. The van der Waals surface area contributed by atoms with E-state index in [0.717, 1.165) is 62.3 Å². The standard InChI is InChI=1S/C25H30N4O/c1-18-8-9-23(27-19(18)2)28-14-11-25(12-15-28)10-5-13-29(24(25)30)17-20-16-26-22-7-4-3-6-21(20)22/h3-4,6-9,16,26H,5,10-15,17H2,1-2H3. The van der Waals surface area contributed by atoms with Gasteiger partial charge in [0.1, 0.15) is 5.82 Å². The fraction of sp³-hybridized carbons (Fsp3) is 0.440. The van der Waals surface area contributed by atoms with E-state index in [0.29, 0.717) is 12.5 Å². The van der Waals surface area contributed by atoms with Crippen LogP contribution in [0.2, 0.25) is 0 Å². The van der Waals surface area contributed by atoms with Crippen LogP contribution in [0.25, 0.3) is 10.9 Å². The number of carbonyl (C=O) groups excluding carboxylic acids is 1. The lowest BCUT2D eigenvalue weighted by molar-refractivity contribution is -0.148. The van der Waals surface area contributed by atoms with Gasteiger partial charge in [0.15, 0.2) is 0 Å². The van der Waals surface area contributed by atoms with Crippen molar-refractivity contribution in [2.24, 2.45) is 5.41 Å². The monoisotopic (exact) mass is 402 g/mol. The third kappa shape index (κ3) is 3.26. The molecule has 1 aromatic carbocycles. The van der Waals surface area contributed by atoms with Crippen molar-refractivity contribution in [3.05, 3.63) is 59.4 Å². The Morgan fingerprint density at radius 2 is 1.83 bits per heavy atom. The first-order valence-corrected chi connectivity index (χ1v) is 11.1. The van der Waals surface area contributed by atoms with Gasteiger partial charge in [-0.05, 0) is 62.8 Å². The van der Waals surface area contributed by atoms with Crippen molar-refractivity contribution in [1.29, 1.82) is 0 Å². The molecule has 156 valence electrons. The van der Waals surface area contributed by atoms with Gasteiger partial charge in [0.05, 0.1) is 5.41 Å². The Bertz CT molecular complexity index is 1080. The Morgan fingerprint density at radius 1 is 1.03 bits per heavy atom. The van der Waals surface area contributed by atoms with Gasteiger partial charge in [0, 0.05) is 49.0 Å². The van der Waals surface area contributed by atoms with Crippen LogP contribution < -0.4 is 4.90 Å². The first-order chi connectivity index (χ1) is 14.6. The largest absolute Gasteiger partial charge is 0.361 e. The zero-order valence-corrected chi connectivity index (χ0v) is 17.9. The molecule has 2 aliphatic rings. The molecule has 0 atom stereocenters. The number of hydrogen-bond acceptors (Lipinski definition) is 3. The fourth-order valence-corrected chi connectivity index (χ4v) is 5.19. The molecule has 1 N–H and O–H groups in total. The minimum absolute atomic E-state index is 0.194. The van der Waals surface area contributed by atoms with Crippen molar-refractivity contribution in [3.63, 3.8) is 0 Å². The van der Waals surface area contributed by atoms with Crippen LogP contribution in [-0.2, 0) is 11.3 Å². The van der Waals surface area contributed by atoms with Crippen LogP contribution in [0.3, 0.4) is 0 Å². The summed E-state index contributed by atoms with van der Waals surface area (Å²) in [7, 11) is 0. The summed E-state index contributed by atoms with van der Waals surface area (Å²) < 4.78 is 0. The van der Waals surface area contributed by atoms with Gasteiger partial charge in [-0.1, -0.05) is 24.3 Å². The van der Waals surface area contributed by atoms with E-state index in [2.05, 4.69) is 65.2 Å². The van der Waals surface area contributed by atoms with Crippen molar-refractivity contribution in [3.8, 4) is 0 Å². The molecule has 30 heavy (non-hydrogen) atoms. The minimum Gasteiger partial charge on any atom is -0.361 e. The van der Waals surface area contributed by atoms with E-state index in [1.54, 1.807) is 0 Å². The Hall–Kier alpha value is -2.82. The van der Waals surface area contributed by atoms with Gasteiger partial charge in [0.2, 0.25) is 5.91 Å². The van der Waals surface area contributed by atoms with Crippen LogP contribution in [0.1, 0.15) is 42.5 Å². The summed E-state index contributed by atoms with van der Waals surface area (Å²) in [4.78, 5) is 26.2. The Balaban J connectivity index is 1.30. The number of hydrogen-bond donors (Lipinski definition) is 1. The molecular formula is C25H30N4O. The number of anilines is 1. The van der Waals surface area contributed by atoms with Gasteiger partial charge in [-0.25, -0.2) is 4.98 Å². The molecule has 0 saturated carbocycles. The number of nitrogens with one attached hydrogen (secondary N) is 1. The van der Waals surface area contributed by atoms with Crippen LogP contribution in [-0.4, -0.2) is 40.4 Å². The number of fused-ring (bicyclic) bond motifs is 1. The molecule has 5 rings (SSSR count). The quantitative estimate of drug-likeness (QED) is 0.697. The number of aromatic nitrogens is 2. The second-order valence-electron chi connectivity index (χ2n) is 9.03. The summed E-state index contributed by atoms with van der Waals surface area (Å²) in [5, 5.41) is 1.22. The maximum Gasteiger partial charge on any atom is 0.229 e. The van der Waals surface area contributed by atoms with Gasteiger partial charge in [-0.15, -0.1) is 0 Å². The van der Waals surface area contributed by atoms with E-state index >= 15 is 0 Å². The Kier molecular flexibility index (Phi) is 4.76. The van der Waals surface area contributed by atoms with Crippen LogP contribution >= 0.6 is 0 Å². The molecule has 2 saturated heterocycles. The average Bonchev–Trinajstić information content (AvgIpc) is 3.17.